The van der Waals surface area contributed by atoms with E-state index in [1.54, 1.807) is 24.7 Å². The first kappa shape index (κ1) is 15.1. The Labute approximate surface area is 144 Å². The molecule has 3 aromatic heterocycles. The maximum absolute atomic E-state index is 6.20. The molecule has 0 spiro atoms. The van der Waals surface area contributed by atoms with E-state index in [2.05, 4.69) is 30.2 Å². The van der Waals surface area contributed by atoms with Crippen molar-refractivity contribution >= 4 is 34.3 Å². The van der Waals surface area contributed by atoms with Gasteiger partial charge in [0.15, 0.2) is 0 Å². The maximum atomic E-state index is 6.20. The average Bonchev–Trinajstić information content (AvgIpc) is 2.62. The van der Waals surface area contributed by atoms with Crippen LogP contribution in [0.25, 0.3) is 10.9 Å². The lowest BCUT2D eigenvalue weighted by Gasteiger charge is -2.34. The summed E-state index contributed by atoms with van der Waals surface area (Å²) in [5.41, 5.74) is 0.869. The van der Waals surface area contributed by atoms with E-state index in [-0.39, 0.29) is 6.04 Å². The number of fused-ring (bicyclic) bond motifs is 1. The number of hydrogen-bond donors (Lipinski definition) is 1. The standard InChI is InChI=1S/C17H17ClN6/c18-15-10-14-13(5-1-6-19-14)16(23-15)24-9-2-4-12(11-24)22-17-20-7-3-8-21-17/h1,3,5-8,10,12H,2,4,9,11H2,(H,20,21,22). The van der Waals surface area contributed by atoms with Crippen LogP contribution in [0, 0.1) is 0 Å². The van der Waals surface area contributed by atoms with Crippen molar-refractivity contribution in [1.29, 1.82) is 0 Å². The number of piperidine rings is 1. The summed E-state index contributed by atoms with van der Waals surface area (Å²) in [6, 6.07) is 7.86. The predicted octanol–water partition coefficient (Wildman–Crippen LogP) is 3.15. The van der Waals surface area contributed by atoms with Crippen LogP contribution in [-0.2, 0) is 0 Å². The van der Waals surface area contributed by atoms with Gasteiger partial charge in [-0.15, -0.1) is 0 Å². The third-order valence-corrected chi connectivity index (χ3v) is 4.36. The van der Waals surface area contributed by atoms with Gasteiger partial charge in [0.25, 0.3) is 0 Å². The highest BCUT2D eigenvalue weighted by molar-refractivity contribution is 6.30. The molecule has 0 aliphatic carbocycles. The molecule has 0 amide bonds. The fraction of sp³-hybridized carbons (Fsp3) is 0.294. The summed E-state index contributed by atoms with van der Waals surface area (Å²) in [7, 11) is 0. The van der Waals surface area contributed by atoms with Gasteiger partial charge in [-0.3, -0.25) is 4.98 Å². The Bertz CT molecular complexity index is 841. The van der Waals surface area contributed by atoms with E-state index in [4.69, 9.17) is 11.6 Å². The van der Waals surface area contributed by atoms with Gasteiger partial charge in [-0.25, -0.2) is 15.0 Å². The lowest BCUT2D eigenvalue weighted by atomic mass is 10.1. The van der Waals surface area contributed by atoms with Gasteiger partial charge in [0.1, 0.15) is 11.0 Å². The molecule has 1 unspecified atom stereocenters. The molecule has 122 valence electrons. The van der Waals surface area contributed by atoms with E-state index in [0.717, 1.165) is 42.7 Å². The summed E-state index contributed by atoms with van der Waals surface area (Å²) in [4.78, 5) is 19.7. The monoisotopic (exact) mass is 340 g/mol. The van der Waals surface area contributed by atoms with E-state index >= 15 is 0 Å². The van der Waals surface area contributed by atoms with Crippen LogP contribution in [0.1, 0.15) is 12.8 Å². The summed E-state index contributed by atoms with van der Waals surface area (Å²) in [6.45, 7) is 1.78. The van der Waals surface area contributed by atoms with Crippen LogP contribution in [-0.4, -0.2) is 39.1 Å². The normalized spacial score (nSPS) is 17.9. The van der Waals surface area contributed by atoms with Crippen molar-refractivity contribution in [3.8, 4) is 0 Å². The molecule has 0 radical (unpaired) electrons. The van der Waals surface area contributed by atoms with Crippen molar-refractivity contribution < 1.29 is 0 Å². The number of halogens is 1. The van der Waals surface area contributed by atoms with Crippen LogP contribution in [0.4, 0.5) is 11.8 Å². The summed E-state index contributed by atoms with van der Waals surface area (Å²) >= 11 is 6.20. The molecule has 1 N–H and O–H groups in total. The van der Waals surface area contributed by atoms with Crippen molar-refractivity contribution in [2.45, 2.75) is 18.9 Å². The minimum Gasteiger partial charge on any atom is -0.354 e. The van der Waals surface area contributed by atoms with Gasteiger partial charge < -0.3 is 10.2 Å². The van der Waals surface area contributed by atoms with Crippen molar-refractivity contribution in [3.05, 3.63) is 48.0 Å². The summed E-state index contributed by atoms with van der Waals surface area (Å²) in [5.74, 6) is 1.56. The van der Waals surface area contributed by atoms with Crippen molar-refractivity contribution in [2.75, 3.05) is 23.3 Å². The molecule has 4 heterocycles. The van der Waals surface area contributed by atoms with Gasteiger partial charge in [-0.1, -0.05) is 11.6 Å². The third-order valence-electron chi connectivity index (χ3n) is 4.17. The highest BCUT2D eigenvalue weighted by Gasteiger charge is 2.23. The molecule has 1 aliphatic heterocycles. The predicted molar refractivity (Wildman–Crippen MR) is 95.4 cm³/mol. The molecular weight excluding hydrogens is 324 g/mol. The highest BCUT2D eigenvalue weighted by atomic mass is 35.5. The SMILES string of the molecule is Clc1cc2ncccc2c(N2CCCC(Nc3ncccn3)C2)n1. The zero-order chi connectivity index (χ0) is 16.4. The summed E-state index contributed by atoms with van der Waals surface area (Å²) < 4.78 is 0. The Morgan fingerprint density at radius 1 is 1.12 bits per heavy atom. The average molecular weight is 341 g/mol. The Kier molecular flexibility index (Phi) is 4.13. The number of aromatic nitrogens is 4. The minimum absolute atomic E-state index is 0.272. The number of hydrogen-bond acceptors (Lipinski definition) is 6. The minimum atomic E-state index is 0.272. The zero-order valence-electron chi connectivity index (χ0n) is 13.1. The third kappa shape index (κ3) is 3.10. The maximum Gasteiger partial charge on any atom is 0.222 e. The fourth-order valence-corrected chi connectivity index (χ4v) is 3.30. The molecule has 24 heavy (non-hydrogen) atoms. The molecule has 1 aliphatic rings. The van der Waals surface area contributed by atoms with Crippen LogP contribution in [0.5, 0.6) is 0 Å². The van der Waals surface area contributed by atoms with Crippen molar-refractivity contribution in [3.63, 3.8) is 0 Å². The molecule has 7 heteroatoms. The first-order valence-corrected chi connectivity index (χ1v) is 8.37. The van der Waals surface area contributed by atoms with E-state index in [9.17, 15) is 0 Å². The highest BCUT2D eigenvalue weighted by Crippen LogP contribution is 2.28. The number of rotatable bonds is 3. The second kappa shape index (κ2) is 6.57. The van der Waals surface area contributed by atoms with E-state index in [0.29, 0.717) is 11.1 Å². The first-order valence-electron chi connectivity index (χ1n) is 7.99. The lowest BCUT2D eigenvalue weighted by Crippen LogP contribution is -2.43. The van der Waals surface area contributed by atoms with Gasteiger partial charge in [0, 0.05) is 49.2 Å². The molecule has 3 aromatic rings. The van der Waals surface area contributed by atoms with Crippen molar-refractivity contribution in [1.82, 2.24) is 19.9 Å². The lowest BCUT2D eigenvalue weighted by molar-refractivity contribution is 0.525. The number of nitrogens with one attached hydrogen (secondary N) is 1. The van der Waals surface area contributed by atoms with E-state index in [1.165, 1.54) is 0 Å². The van der Waals surface area contributed by atoms with Crippen LogP contribution in [0.2, 0.25) is 5.15 Å². The Morgan fingerprint density at radius 2 is 1.96 bits per heavy atom. The first-order chi connectivity index (χ1) is 11.8. The Morgan fingerprint density at radius 3 is 2.83 bits per heavy atom. The fourth-order valence-electron chi connectivity index (χ4n) is 3.11. The molecule has 6 nitrogen and oxygen atoms in total. The molecule has 0 bridgehead atoms. The van der Waals surface area contributed by atoms with Crippen LogP contribution in [0.3, 0.4) is 0 Å². The van der Waals surface area contributed by atoms with E-state index in [1.807, 2.05) is 18.2 Å². The smallest absolute Gasteiger partial charge is 0.222 e. The number of anilines is 2. The Hall–Kier alpha value is -2.47. The molecule has 0 saturated carbocycles. The van der Waals surface area contributed by atoms with Crippen LogP contribution < -0.4 is 10.2 Å². The van der Waals surface area contributed by atoms with Gasteiger partial charge in [0.2, 0.25) is 5.95 Å². The molecule has 0 aromatic carbocycles. The molecule has 1 fully saturated rings. The van der Waals surface area contributed by atoms with Gasteiger partial charge in [0.05, 0.1) is 5.52 Å². The molecular formula is C17H17ClN6. The largest absolute Gasteiger partial charge is 0.354 e. The quantitative estimate of drug-likeness (QED) is 0.739. The summed E-state index contributed by atoms with van der Waals surface area (Å²) in [6.07, 6.45) is 7.41. The van der Waals surface area contributed by atoms with Crippen LogP contribution in [0.15, 0.2) is 42.9 Å². The molecule has 1 atom stereocenters. The topological polar surface area (TPSA) is 66.8 Å². The van der Waals surface area contributed by atoms with Gasteiger partial charge >= 0.3 is 0 Å². The molecule has 4 rings (SSSR count). The van der Waals surface area contributed by atoms with Gasteiger partial charge in [-0.05, 0) is 31.0 Å². The Balaban J connectivity index is 1.60. The molecule has 1 saturated heterocycles. The second-order valence-corrected chi connectivity index (χ2v) is 6.23. The zero-order valence-corrected chi connectivity index (χ0v) is 13.8. The second-order valence-electron chi connectivity index (χ2n) is 5.84. The van der Waals surface area contributed by atoms with Crippen LogP contribution >= 0.6 is 11.6 Å². The summed E-state index contributed by atoms with van der Waals surface area (Å²) in [5, 5.41) is 4.90. The van der Waals surface area contributed by atoms with Gasteiger partial charge in [-0.2, -0.15) is 0 Å². The van der Waals surface area contributed by atoms with Crippen molar-refractivity contribution in [2.24, 2.45) is 0 Å². The number of pyridine rings is 2. The van der Waals surface area contributed by atoms with E-state index < -0.39 is 0 Å². The number of nitrogens with zero attached hydrogens (tertiary/aromatic N) is 5.